The Bertz CT molecular complexity index is 867. The number of hydrogen-bond acceptors (Lipinski definition) is 6. The van der Waals surface area contributed by atoms with Crippen molar-refractivity contribution in [2.45, 2.75) is 6.92 Å². The molecule has 120 valence electrons. The predicted octanol–water partition coefficient (Wildman–Crippen LogP) is 1.26. The van der Waals surface area contributed by atoms with Gasteiger partial charge in [-0.15, -0.1) is 0 Å². The molecule has 1 heterocycles. The first-order valence-electron chi connectivity index (χ1n) is 6.51. The summed E-state index contributed by atoms with van der Waals surface area (Å²) in [5, 5.41) is 15.2. The second-order valence-corrected chi connectivity index (χ2v) is 6.68. The molecule has 0 radical (unpaired) electrons. The number of hydrogen-bond donors (Lipinski definition) is 1. The average Bonchev–Trinajstić information content (AvgIpc) is 2.88. The van der Waals surface area contributed by atoms with Crippen LogP contribution >= 0.6 is 0 Å². The normalized spacial score (nSPS) is 10.8. The summed E-state index contributed by atoms with van der Waals surface area (Å²) in [7, 11) is -3.76. The van der Waals surface area contributed by atoms with Gasteiger partial charge in [-0.1, -0.05) is 17.3 Å². The van der Waals surface area contributed by atoms with Crippen molar-refractivity contribution in [1.29, 1.82) is 5.26 Å². The van der Waals surface area contributed by atoms with Gasteiger partial charge >= 0.3 is 0 Å². The monoisotopic (exact) mass is 334 g/mol. The number of carbonyl (C=O) groups excluding carboxylic acids is 1. The number of carbonyl (C=O) groups is 1. The summed E-state index contributed by atoms with van der Waals surface area (Å²) >= 11 is 0. The van der Waals surface area contributed by atoms with Crippen molar-refractivity contribution >= 4 is 27.4 Å². The number of sulfonamides is 1. The van der Waals surface area contributed by atoms with E-state index in [1.807, 2.05) is 6.07 Å². The van der Waals surface area contributed by atoms with Gasteiger partial charge in [0.05, 0.1) is 17.5 Å². The number of anilines is 2. The standard InChI is InChI=1S/C14H14N4O4S/c1-10-7-13(17-22-10)16-14(19)9-18(23(2,20)21)12-6-4-3-5-11(12)8-15/h3-7H,9H2,1-2H3,(H,16,17,19). The van der Waals surface area contributed by atoms with Crippen LogP contribution in [-0.4, -0.2) is 32.3 Å². The van der Waals surface area contributed by atoms with E-state index in [2.05, 4.69) is 10.5 Å². The molecule has 1 aromatic carbocycles. The Morgan fingerprint density at radius 2 is 2.13 bits per heavy atom. The van der Waals surface area contributed by atoms with Gasteiger partial charge in [0.25, 0.3) is 0 Å². The van der Waals surface area contributed by atoms with Gasteiger partial charge in [-0.3, -0.25) is 9.10 Å². The summed E-state index contributed by atoms with van der Waals surface area (Å²) in [6, 6.07) is 9.56. The Morgan fingerprint density at radius 3 is 2.70 bits per heavy atom. The van der Waals surface area contributed by atoms with Crippen LogP contribution in [0, 0.1) is 18.3 Å². The summed E-state index contributed by atoms with van der Waals surface area (Å²) < 4.78 is 29.7. The maximum absolute atomic E-state index is 12.1. The Hall–Kier alpha value is -2.86. The Labute approximate surface area is 133 Å². The molecule has 0 saturated carbocycles. The zero-order chi connectivity index (χ0) is 17.0. The van der Waals surface area contributed by atoms with E-state index in [4.69, 9.17) is 9.78 Å². The highest BCUT2D eigenvalue weighted by Gasteiger charge is 2.23. The number of amides is 1. The number of nitrogens with zero attached hydrogens (tertiary/aromatic N) is 3. The van der Waals surface area contributed by atoms with Crippen LogP contribution in [0.5, 0.6) is 0 Å². The van der Waals surface area contributed by atoms with Crippen LogP contribution in [0.1, 0.15) is 11.3 Å². The molecule has 0 saturated heterocycles. The first-order chi connectivity index (χ1) is 10.8. The fraction of sp³-hybridized carbons (Fsp3) is 0.214. The van der Waals surface area contributed by atoms with E-state index in [1.54, 1.807) is 19.1 Å². The molecule has 0 aliphatic heterocycles. The van der Waals surface area contributed by atoms with Gasteiger partial charge in [-0.2, -0.15) is 5.26 Å². The molecular formula is C14H14N4O4S. The second-order valence-electron chi connectivity index (χ2n) is 4.77. The highest BCUT2D eigenvalue weighted by molar-refractivity contribution is 7.92. The molecule has 0 spiro atoms. The van der Waals surface area contributed by atoms with Crippen molar-refractivity contribution in [1.82, 2.24) is 5.16 Å². The summed E-state index contributed by atoms with van der Waals surface area (Å²) in [5.74, 6) is 0.0982. The van der Waals surface area contributed by atoms with Gasteiger partial charge in [-0.25, -0.2) is 8.42 Å². The van der Waals surface area contributed by atoms with Crippen LogP contribution in [-0.2, 0) is 14.8 Å². The zero-order valence-electron chi connectivity index (χ0n) is 12.5. The number of nitriles is 1. The minimum Gasteiger partial charge on any atom is -0.360 e. The molecule has 9 heteroatoms. The number of benzene rings is 1. The number of nitrogens with one attached hydrogen (secondary N) is 1. The van der Waals surface area contributed by atoms with Crippen LogP contribution < -0.4 is 9.62 Å². The van der Waals surface area contributed by atoms with E-state index < -0.39 is 22.5 Å². The first-order valence-corrected chi connectivity index (χ1v) is 8.36. The molecule has 23 heavy (non-hydrogen) atoms. The maximum atomic E-state index is 12.1. The van der Waals surface area contributed by atoms with E-state index >= 15 is 0 Å². The molecule has 0 aliphatic rings. The van der Waals surface area contributed by atoms with Crippen molar-refractivity contribution < 1.29 is 17.7 Å². The van der Waals surface area contributed by atoms with Gasteiger partial charge in [0, 0.05) is 6.07 Å². The smallest absolute Gasteiger partial charge is 0.246 e. The fourth-order valence-electron chi connectivity index (χ4n) is 1.90. The third kappa shape index (κ3) is 4.08. The van der Waals surface area contributed by atoms with Crippen LogP contribution in [0.15, 0.2) is 34.9 Å². The second kappa shape index (κ2) is 6.50. The molecule has 2 aromatic rings. The first kappa shape index (κ1) is 16.5. The lowest BCUT2D eigenvalue weighted by Crippen LogP contribution is -2.37. The molecule has 0 bridgehead atoms. The lowest BCUT2D eigenvalue weighted by molar-refractivity contribution is -0.114. The molecule has 1 N–H and O–H groups in total. The Morgan fingerprint density at radius 1 is 1.43 bits per heavy atom. The van der Waals surface area contributed by atoms with Crippen LogP contribution in [0.3, 0.4) is 0 Å². The number of para-hydroxylation sites is 1. The fourth-order valence-corrected chi connectivity index (χ4v) is 2.77. The van der Waals surface area contributed by atoms with E-state index in [0.29, 0.717) is 5.76 Å². The van der Waals surface area contributed by atoms with Gasteiger partial charge in [0.15, 0.2) is 5.82 Å². The van der Waals surface area contributed by atoms with E-state index in [9.17, 15) is 13.2 Å². The zero-order valence-corrected chi connectivity index (χ0v) is 13.3. The summed E-state index contributed by atoms with van der Waals surface area (Å²) in [5.41, 5.74) is 0.298. The van der Waals surface area contributed by atoms with Gasteiger partial charge in [-0.05, 0) is 19.1 Å². The highest BCUT2D eigenvalue weighted by Crippen LogP contribution is 2.22. The summed E-state index contributed by atoms with van der Waals surface area (Å²) in [6.45, 7) is 1.18. The van der Waals surface area contributed by atoms with E-state index in [0.717, 1.165) is 10.6 Å². The molecule has 0 atom stereocenters. The summed E-state index contributed by atoms with van der Waals surface area (Å²) in [4.78, 5) is 12.1. The molecule has 1 amide bonds. The van der Waals surface area contributed by atoms with Crippen molar-refractivity contribution in [3.8, 4) is 6.07 Å². The predicted molar refractivity (Wildman–Crippen MR) is 83.2 cm³/mol. The third-order valence-electron chi connectivity index (χ3n) is 2.88. The minimum atomic E-state index is -3.76. The third-order valence-corrected chi connectivity index (χ3v) is 4.00. The Balaban J connectivity index is 2.27. The Kier molecular flexibility index (Phi) is 4.66. The number of aromatic nitrogens is 1. The van der Waals surface area contributed by atoms with Crippen LogP contribution in [0.4, 0.5) is 11.5 Å². The van der Waals surface area contributed by atoms with Crippen LogP contribution in [0.25, 0.3) is 0 Å². The van der Waals surface area contributed by atoms with Crippen LogP contribution in [0.2, 0.25) is 0 Å². The maximum Gasteiger partial charge on any atom is 0.246 e. The lowest BCUT2D eigenvalue weighted by atomic mass is 10.2. The van der Waals surface area contributed by atoms with E-state index in [1.165, 1.54) is 18.2 Å². The molecule has 0 aliphatic carbocycles. The van der Waals surface area contributed by atoms with Crippen molar-refractivity contribution in [2.24, 2.45) is 0 Å². The summed E-state index contributed by atoms with van der Waals surface area (Å²) in [6.07, 6.45) is 0.967. The van der Waals surface area contributed by atoms with E-state index in [-0.39, 0.29) is 17.1 Å². The molecule has 1 aromatic heterocycles. The quantitative estimate of drug-likeness (QED) is 0.880. The van der Waals surface area contributed by atoms with Crippen molar-refractivity contribution in [3.05, 3.63) is 41.7 Å². The molecule has 8 nitrogen and oxygen atoms in total. The van der Waals surface area contributed by atoms with Crippen molar-refractivity contribution in [3.63, 3.8) is 0 Å². The molecular weight excluding hydrogens is 320 g/mol. The highest BCUT2D eigenvalue weighted by atomic mass is 32.2. The average molecular weight is 334 g/mol. The van der Waals surface area contributed by atoms with Gasteiger partial charge in [0.1, 0.15) is 18.4 Å². The lowest BCUT2D eigenvalue weighted by Gasteiger charge is -2.22. The minimum absolute atomic E-state index is 0.143. The van der Waals surface area contributed by atoms with Gasteiger partial charge < -0.3 is 9.84 Å². The topological polar surface area (TPSA) is 116 Å². The molecule has 0 fully saturated rings. The SMILES string of the molecule is Cc1cc(NC(=O)CN(c2ccccc2C#N)S(C)(=O)=O)no1. The number of aryl methyl sites for hydroxylation is 1. The molecule has 2 rings (SSSR count). The largest absolute Gasteiger partial charge is 0.360 e. The molecule has 0 unspecified atom stereocenters. The number of rotatable bonds is 5. The van der Waals surface area contributed by atoms with Gasteiger partial charge in [0.2, 0.25) is 15.9 Å². The van der Waals surface area contributed by atoms with Crippen molar-refractivity contribution in [2.75, 3.05) is 22.4 Å².